The standard InChI is InChI=1S/C20H22N8O/c1-14(2)12-16(19-24-23-17-10-6-7-11-27(17)19)22-20(29)18(28-13-21-25-26-28)15-8-4-3-5-9-15/h3-11,13-14,16,18H,12H2,1-2H3,(H,22,29)/t16-,18+/m0/s1. The van der Waals surface area contributed by atoms with E-state index in [1.54, 1.807) is 0 Å². The monoisotopic (exact) mass is 390 g/mol. The summed E-state index contributed by atoms with van der Waals surface area (Å²) in [6, 6.07) is 14.2. The van der Waals surface area contributed by atoms with Crippen LogP contribution >= 0.6 is 0 Å². The Morgan fingerprint density at radius 2 is 1.86 bits per heavy atom. The highest BCUT2D eigenvalue weighted by Crippen LogP contribution is 2.24. The molecule has 0 unspecified atom stereocenters. The van der Waals surface area contributed by atoms with Crippen molar-refractivity contribution >= 4 is 11.6 Å². The third-order valence-corrected chi connectivity index (χ3v) is 4.67. The zero-order valence-corrected chi connectivity index (χ0v) is 16.3. The van der Waals surface area contributed by atoms with Crippen LogP contribution in [0.25, 0.3) is 5.65 Å². The highest BCUT2D eigenvalue weighted by molar-refractivity contribution is 5.83. The third kappa shape index (κ3) is 3.98. The van der Waals surface area contributed by atoms with Gasteiger partial charge in [-0.3, -0.25) is 9.20 Å². The van der Waals surface area contributed by atoms with Gasteiger partial charge in [0, 0.05) is 6.20 Å². The van der Waals surface area contributed by atoms with Crippen LogP contribution in [-0.4, -0.2) is 40.7 Å². The Kier molecular flexibility index (Phi) is 5.28. The van der Waals surface area contributed by atoms with Crippen LogP contribution in [0.1, 0.15) is 43.7 Å². The number of benzene rings is 1. The second kappa shape index (κ2) is 8.17. The van der Waals surface area contributed by atoms with Gasteiger partial charge in [0.05, 0.1) is 6.04 Å². The fourth-order valence-corrected chi connectivity index (χ4v) is 3.39. The number of nitrogens with zero attached hydrogens (tertiary/aromatic N) is 7. The number of carbonyl (C=O) groups is 1. The summed E-state index contributed by atoms with van der Waals surface area (Å²) < 4.78 is 3.36. The molecule has 4 aromatic rings. The average Bonchev–Trinajstić information content (AvgIpc) is 3.38. The number of nitrogens with one attached hydrogen (secondary N) is 1. The van der Waals surface area contributed by atoms with E-state index in [1.807, 2.05) is 59.1 Å². The van der Waals surface area contributed by atoms with Gasteiger partial charge in [-0.1, -0.05) is 50.2 Å². The normalized spacial score (nSPS) is 13.5. The van der Waals surface area contributed by atoms with Crippen molar-refractivity contribution in [2.75, 3.05) is 0 Å². The van der Waals surface area contributed by atoms with Gasteiger partial charge in [-0.25, -0.2) is 4.68 Å². The van der Waals surface area contributed by atoms with Crippen LogP contribution in [0.5, 0.6) is 0 Å². The second-order valence-electron chi connectivity index (χ2n) is 7.28. The van der Waals surface area contributed by atoms with E-state index in [0.717, 1.165) is 17.6 Å². The van der Waals surface area contributed by atoms with Gasteiger partial charge in [0.15, 0.2) is 17.5 Å². The molecule has 0 saturated heterocycles. The molecule has 0 aliphatic heterocycles. The molecular weight excluding hydrogens is 368 g/mol. The molecule has 3 aromatic heterocycles. The molecule has 4 rings (SSSR count). The minimum Gasteiger partial charge on any atom is -0.344 e. The minimum atomic E-state index is -0.681. The van der Waals surface area contributed by atoms with Crippen molar-refractivity contribution < 1.29 is 4.79 Å². The molecule has 2 atom stereocenters. The summed E-state index contributed by atoms with van der Waals surface area (Å²) in [6.45, 7) is 4.22. The first kappa shape index (κ1) is 18.7. The van der Waals surface area contributed by atoms with Gasteiger partial charge in [0.2, 0.25) is 5.91 Å². The smallest absolute Gasteiger partial charge is 0.250 e. The first-order chi connectivity index (χ1) is 14.1. The molecule has 0 aliphatic carbocycles. The maximum absolute atomic E-state index is 13.4. The summed E-state index contributed by atoms with van der Waals surface area (Å²) in [5.74, 6) is 0.840. The van der Waals surface area contributed by atoms with Crippen molar-refractivity contribution in [3.05, 3.63) is 72.4 Å². The van der Waals surface area contributed by atoms with E-state index in [0.29, 0.717) is 11.7 Å². The van der Waals surface area contributed by atoms with Gasteiger partial charge in [0.25, 0.3) is 0 Å². The van der Waals surface area contributed by atoms with E-state index in [2.05, 4.69) is 44.9 Å². The SMILES string of the molecule is CC(C)C[C@H](NC(=O)[C@@H](c1ccccc1)n1cnnn1)c1nnc2ccccn12. The number of amides is 1. The van der Waals surface area contributed by atoms with Gasteiger partial charge in [-0.05, 0) is 40.5 Å². The van der Waals surface area contributed by atoms with Crippen LogP contribution in [0.4, 0.5) is 0 Å². The summed E-state index contributed by atoms with van der Waals surface area (Å²) in [4.78, 5) is 13.4. The Balaban J connectivity index is 1.68. The topological polar surface area (TPSA) is 103 Å². The quantitative estimate of drug-likeness (QED) is 0.519. The van der Waals surface area contributed by atoms with Crippen LogP contribution < -0.4 is 5.32 Å². The second-order valence-corrected chi connectivity index (χ2v) is 7.28. The van der Waals surface area contributed by atoms with Crippen LogP contribution in [0, 0.1) is 5.92 Å². The molecule has 9 nitrogen and oxygen atoms in total. The number of hydrogen-bond acceptors (Lipinski definition) is 6. The van der Waals surface area contributed by atoms with E-state index < -0.39 is 6.04 Å². The van der Waals surface area contributed by atoms with Gasteiger partial charge < -0.3 is 5.32 Å². The zero-order valence-electron chi connectivity index (χ0n) is 16.3. The minimum absolute atomic E-state index is 0.207. The Labute approximate surface area is 167 Å². The molecule has 3 heterocycles. The van der Waals surface area contributed by atoms with Crippen LogP contribution in [0.3, 0.4) is 0 Å². The molecule has 1 N–H and O–H groups in total. The first-order valence-electron chi connectivity index (χ1n) is 9.51. The molecule has 29 heavy (non-hydrogen) atoms. The molecule has 0 bridgehead atoms. The van der Waals surface area contributed by atoms with E-state index in [-0.39, 0.29) is 11.9 Å². The van der Waals surface area contributed by atoms with Crippen molar-refractivity contribution in [1.82, 2.24) is 40.1 Å². The molecule has 0 fully saturated rings. The molecule has 148 valence electrons. The Hall–Kier alpha value is -3.62. The first-order valence-corrected chi connectivity index (χ1v) is 9.51. The number of fused-ring (bicyclic) bond motifs is 1. The third-order valence-electron chi connectivity index (χ3n) is 4.67. The maximum Gasteiger partial charge on any atom is 0.250 e. The lowest BCUT2D eigenvalue weighted by Gasteiger charge is -2.23. The van der Waals surface area contributed by atoms with E-state index in [9.17, 15) is 4.79 Å². The zero-order chi connectivity index (χ0) is 20.2. The average molecular weight is 390 g/mol. The van der Waals surface area contributed by atoms with Gasteiger partial charge in [0.1, 0.15) is 6.33 Å². The number of tetrazole rings is 1. The number of pyridine rings is 1. The van der Waals surface area contributed by atoms with E-state index >= 15 is 0 Å². The number of aromatic nitrogens is 7. The molecule has 0 aliphatic rings. The Morgan fingerprint density at radius 3 is 2.59 bits per heavy atom. The van der Waals surface area contributed by atoms with Crippen molar-refractivity contribution in [2.24, 2.45) is 5.92 Å². The fourth-order valence-electron chi connectivity index (χ4n) is 3.39. The Bertz CT molecular complexity index is 1070. The molecule has 0 saturated carbocycles. The molecule has 0 spiro atoms. The maximum atomic E-state index is 13.4. The molecule has 9 heteroatoms. The van der Waals surface area contributed by atoms with E-state index in [4.69, 9.17) is 0 Å². The number of carbonyl (C=O) groups excluding carboxylic acids is 1. The van der Waals surface area contributed by atoms with E-state index in [1.165, 1.54) is 11.0 Å². The van der Waals surface area contributed by atoms with Gasteiger partial charge >= 0.3 is 0 Å². The summed E-state index contributed by atoms with van der Waals surface area (Å²) in [5.41, 5.74) is 1.54. The van der Waals surface area contributed by atoms with Gasteiger partial charge in [-0.2, -0.15) is 0 Å². The van der Waals surface area contributed by atoms with Crippen LogP contribution in [0.15, 0.2) is 61.1 Å². The number of rotatable bonds is 7. The van der Waals surface area contributed by atoms with Crippen molar-refractivity contribution in [3.8, 4) is 0 Å². The predicted molar refractivity (Wildman–Crippen MR) is 106 cm³/mol. The lowest BCUT2D eigenvalue weighted by atomic mass is 10.0. The highest BCUT2D eigenvalue weighted by atomic mass is 16.2. The van der Waals surface area contributed by atoms with Crippen molar-refractivity contribution in [1.29, 1.82) is 0 Å². The highest BCUT2D eigenvalue weighted by Gasteiger charge is 2.28. The lowest BCUT2D eigenvalue weighted by Crippen LogP contribution is -2.37. The molecule has 1 aromatic carbocycles. The van der Waals surface area contributed by atoms with Gasteiger partial charge in [-0.15, -0.1) is 15.3 Å². The molecule has 0 radical (unpaired) electrons. The summed E-state index contributed by atoms with van der Waals surface area (Å²) >= 11 is 0. The number of hydrogen-bond donors (Lipinski definition) is 1. The van der Waals surface area contributed by atoms with Crippen molar-refractivity contribution in [2.45, 2.75) is 32.4 Å². The van der Waals surface area contributed by atoms with Crippen molar-refractivity contribution in [3.63, 3.8) is 0 Å². The fraction of sp³-hybridized carbons (Fsp3) is 0.300. The predicted octanol–water partition coefficient (Wildman–Crippen LogP) is 2.21. The van der Waals surface area contributed by atoms with Crippen LogP contribution in [-0.2, 0) is 4.79 Å². The molecular formula is C20H22N8O. The largest absolute Gasteiger partial charge is 0.344 e. The summed E-state index contributed by atoms with van der Waals surface area (Å²) in [6.07, 6.45) is 4.07. The lowest BCUT2D eigenvalue weighted by molar-refractivity contribution is -0.124. The summed E-state index contributed by atoms with van der Waals surface area (Å²) in [7, 11) is 0. The Morgan fingerprint density at radius 1 is 1.07 bits per heavy atom. The molecule has 1 amide bonds. The van der Waals surface area contributed by atoms with Crippen LogP contribution in [0.2, 0.25) is 0 Å². The summed E-state index contributed by atoms with van der Waals surface area (Å²) in [5, 5.41) is 23.1.